The first-order valence-corrected chi connectivity index (χ1v) is 6.97. The normalized spacial score (nSPS) is 16.7. The third-order valence-corrected chi connectivity index (χ3v) is 3.31. The molecule has 4 nitrogen and oxygen atoms in total. The van der Waals surface area contributed by atoms with E-state index in [1.165, 1.54) is 0 Å². The molecule has 15 heavy (non-hydrogen) atoms. The molecule has 82 valence electrons. The third kappa shape index (κ3) is 2.34. The summed E-state index contributed by atoms with van der Waals surface area (Å²) in [7, 11) is -3.29. The molecule has 0 N–H and O–H groups in total. The molecule has 0 radical (unpaired) electrons. The molecule has 0 amide bonds. The molecule has 0 atom stereocenters. The first-order valence-electron chi connectivity index (χ1n) is 5.08. The van der Waals surface area contributed by atoms with Gasteiger partial charge in [-0.1, -0.05) is 6.92 Å². The second-order valence-electron chi connectivity index (χ2n) is 3.97. The Morgan fingerprint density at radius 1 is 1.40 bits per heavy atom. The molecule has 1 heterocycles. The van der Waals surface area contributed by atoms with Gasteiger partial charge in [0, 0.05) is 23.6 Å². The van der Waals surface area contributed by atoms with E-state index in [4.69, 9.17) is 0 Å². The van der Waals surface area contributed by atoms with Crippen LogP contribution < -0.4 is 0 Å². The van der Waals surface area contributed by atoms with Gasteiger partial charge < -0.3 is 0 Å². The van der Waals surface area contributed by atoms with Crippen LogP contribution in [0, 0.1) is 0 Å². The van der Waals surface area contributed by atoms with Crippen molar-refractivity contribution < 1.29 is 8.42 Å². The van der Waals surface area contributed by atoms with Gasteiger partial charge in [-0.05, 0) is 25.3 Å². The van der Waals surface area contributed by atoms with Crippen LogP contribution in [0.5, 0.6) is 0 Å². The summed E-state index contributed by atoms with van der Waals surface area (Å²) in [6.45, 7) is 1.96. The Morgan fingerprint density at radius 3 is 2.53 bits per heavy atom. The van der Waals surface area contributed by atoms with Crippen molar-refractivity contribution >= 4 is 9.84 Å². The van der Waals surface area contributed by atoms with E-state index in [0.29, 0.717) is 5.92 Å². The molecule has 0 aliphatic heterocycles. The summed E-state index contributed by atoms with van der Waals surface area (Å²) >= 11 is 0. The predicted molar refractivity (Wildman–Crippen MR) is 56.5 cm³/mol. The maximum atomic E-state index is 11.4. The van der Waals surface area contributed by atoms with Gasteiger partial charge in [0.05, 0.1) is 0 Å². The smallest absolute Gasteiger partial charge is 0.223 e. The first-order chi connectivity index (χ1) is 7.00. The number of aryl methyl sites for hydroxylation is 1. The van der Waals surface area contributed by atoms with E-state index in [9.17, 15) is 8.42 Å². The Balaban J connectivity index is 2.50. The molecule has 1 fully saturated rings. The average Bonchev–Trinajstić information content (AvgIpc) is 2.99. The van der Waals surface area contributed by atoms with Crippen molar-refractivity contribution in [1.82, 2.24) is 9.97 Å². The van der Waals surface area contributed by atoms with Crippen molar-refractivity contribution in [2.45, 2.75) is 37.3 Å². The van der Waals surface area contributed by atoms with Crippen molar-refractivity contribution in [3.8, 4) is 0 Å². The Kier molecular flexibility index (Phi) is 2.50. The van der Waals surface area contributed by atoms with E-state index in [1.807, 2.05) is 13.0 Å². The highest BCUT2D eigenvalue weighted by atomic mass is 32.2. The lowest BCUT2D eigenvalue weighted by molar-refractivity contribution is 0.590. The number of aromatic nitrogens is 2. The van der Waals surface area contributed by atoms with Gasteiger partial charge in [0.1, 0.15) is 0 Å². The molecule has 0 spiro atoms. The fourth-order valence-corrected chi connectivity index (χ4v) is 1.98. The molecule has 0 bridgehead atoms. The topological polar surface area (TPSA) is 59.9 Å². The first kappa shape index (κ1) is 10.5. The minimum Gasteiger partial charge on any atom is -0.223 e. The quantitative estimate of drug-likeness (QED) is 0.729. The lowest BCUT2D eigenvalue weighted by atomic mass is 10.2. The van der Waals surface area contributed by atoms with Crippen LogP contribution in [0.25, 0.3) is 0 Å². The predicted octanol–water partition coefficient (Wildman–Crippen LogP) is 1.32. The molecule has 1 saturated carbocycles. The Morgan fingerprint density at radius 2 is 2.07 bits per heavy atom. The zero-order valence-electron chi connectivity index (χ0n) is 8.90. The van der Waals surface area contributed by atoms with Crippen LogP contribution in [0.15, 0.2) is 11.2 Å². The van der Waals surface area contributed by atoms with E-state index in [0.717, 1.165) is 36.9 Å². The van der Waals surface area contributed by atoms with Gasteiger partial charge in [-0.2, -0.15) is 0 Å². The number of nitrogens with zero attached hydrogens (tertiary/aromatic N) is 2. The SMILES string of the molecule is CCc1cc(C2CC2)nc(S(C)(=O)=O)n1. The highest BCUT2D eigenvalue weighted by Crippen LogP contribution is 2.39. The van der Waals surface area contributed by atoms with E-state index in [1.54, 1.807) is 0 Å². The Bertz CT molecular complexity index is 478. The van der Waals surface area contributed by atoms with E-state index >= 15 is 0 Å². The van der Waals surface area contributed by atoms with Crippen LogP contribution >= 0.6 is 0 Å². The van der Waals surface area contributed by atoms with Gasteiger partial charge in [0.25, 0.3) is 0 Å². The van der Waals surface area contributed by atoms with Crippen LogP contribution in [0.2, 0.25) is 0 Å². The van der Waals surface area contributed by atoms with Gasteiger partial charge in [-0.15, -0.1) is 0 Å². The Hall–Kier alpha value is -0.970. The van der Waals surface area contributed by atoms with Gasteiger partial charge in [0.2, 0.25) is 15.0 Å². The molecule has 0 aromatic carbocycles. The van der Waals surface area contributed by atoms with Crippen LogP contribution in [-0.4, -0.2) is 24.6 Å². The minimum atomic E-state index is -3.29. The van der Waals surface area contributed by atoms with Crippen molar-refractivity contribution in [2.75, 3.05) is 6.26 Å². The fraction of sp³-hybridized carbons (Fsp3) is 0.600. The van der Waals surface area contributed by atoms with E-state index < -0.39 is 9.84 Å². The maximum Gasteiger partial charge on any atom is 0.247 e. The van der Waals surface area contributed by atoms with Crippen molar-refractivity contribution in [3.05, 3.63) is 17.5 Å². The molecule has 0 unspecified atom stereocenters. The molecular weight excluding hydrogens is 212 g/mol. The summed E-state index contributed by atoms with van der Waals surface area (Å²) in [6.07, 6.45) is 4.12. The van der Waals surface area contributed by atoms with Crippen LogP contribution in [-0.2, 0) is 16.3 Å². The average molecular weight is 226 g/mol. The second kappa shape index (κ2) is 3.56. The number of hydrogen-bond acceptors (Lipinski definition) is 4. The summed E-state index contributed by atoms with van der Waals surface area (Å²) in [4.78, 5) is 8.15. The van der Waals surface area contributed by atoms with Crippen molar-refractivity contribution in [3.63, 3.8) is 0 Å². The summed E-state index contributed by atoms with van der Waals surface area (Å²) < 4.78 is 22.7. The molecule has 0 saturated heterocycles. The number of hydrogen-bond donors (Lipinski definition) is 0. The highest BCUT2D eigenvalue weighted by molar-refractivity contribution is 7.90. The number of rotatable bonds is 3. The van der Waals surface area contributed by atoms with E-state index in [2.05, 4.69) is 9.97 Å². The lowest BCUT2D eigenvalue weighted by Gasteiger charge is -2.04. The third-order valence-electron chi connectivity index (χ3n) is 2.47. The number of sulfone groups is 1. The largest absolute Gasteiger partial charge is 0.247 e. The highest BCUT2D eigenvalue weighted by Gasteiger charge is 2.27. The lowest BCUT2D eigenvalue weighted by Crippen LogP contribution is -2.08. The monoisotopic (exact) mass is 226 g/mol. The summed E-state index contributed by atoms with van der Waals surface area (Å²) in [5.74, 6) is 0.457. The fourth-order valence-electron chi connectivity index (χ4n) is 1.43. The molecule has 1 aliphatic carbocycles. The molecule has 5 heteroatoms. The van der Waals surface area contributed by atoms with Crippen molar-refractivity contribution in [2.24, 2.45) is 0 Å². The van der Waals surface area contributed by atoms with Gasteiger partial charge in [0.15, 0.2) is 0 Å². The van der Waals surface area contributed by atoms with Gasteiger partial charge in [-0.25, -0.2) is 18.4 Å². The molecule has 1 aliphatic rings. The van der Waals surface area contributed by atoms with Crippen LogP contribution in [0.3, 0.4) is 0 Å². The molecule has 1 aromatic rings. The molecular formula is C10H14N2O2S. The van der Waals surface area contributed by atoms with Gasteiger partial charge >= 0.3 is 0 Å². The summed E-state index contributed by atoms with van der Waals surface area (Å²) in [5.41, 5.74) is 1.70. The van der Waals surface area contributed by atoms with Crippen LogP contribution in [0.1, 0.15) is 37.1 Å². The van der Waals surface area contributed by atoms with Crippen LogP contribution in [0.4, 0.5) is 0 Å². The standard InChI is InChI=1S/C10H14N2O2S/c1-3-8-6-9(7-4-5-7)12-10(11-8)15(2,13)14/h6-7H,3-5H2,1-2H3. The summed E-state index contributed by atoms with van der Waals surface area (Å²) in [5, 5.41) is -0.0243. The maximum absolute atomic E-state index is 11.4. The minimum absolute atomic E-state index is 0.0243. The summed E-state index contributed by atoms with van der Waals surface area (Å²) in [6, 6.07) is 1.92. The van der Waals surface area contributed by atoms with Crippen molar-refractivity contribution in [1.29, 1.82) is 0 Å². The van der Waals surface area contributed by atoms with E-state index in [-0.39, 0.29) is 5.16 Å². The molecule has 2 rings (SSSR count). The second-order valence-corrected chi connectivity index (χ2v) is 5.88. The van der Waals surface area contributed by atoms with Gasteiger partial charge in [-0.3, -0.25) is 0 Å². The Labute approximate surface area is 89.7 Å². The zero-order chi connectivity index (χ0) is 11.1. The molecule has 1 aromatic heterocycles. The zero-order valence-corrected chi connectivity index (χ0v) is 9.71.